The third-order valence-electron chi connectivity index (χ3n) is 3.87. The fourth-order valence-electron chi connectivity index (χ4n) is 2.49. The number of nitrogens with one attached hydrogen (secondary N) is 2. The summed E-state index contributed by atoms with van der Waals surface area (Å²) < 4.78 is 16.7. The maximum Gasteiger partial charge on any atom is 0.213 e. The van der Waals surface area contributed by atoms with Crippen molar-refractivity contribution >= 4 is 29.9 Å². The van der Waals surface area contributed by atoms with Gasteiger partial charge in [-0.15, -0.1) is 24.0 Å². The molecule has 2 N–H and O–H groups in total. The van der Waals surface area contributed by atoms with E-state index in [4.69, 9.17) is 14.2 Å². The smallest absolute Gasteiger partial charge is 0.213 e. The number of aliphatic imine (C=N–C) groups is 1. The molecule has 154 valence electrons. The standard InChI is InChI=1S/C19H32N4O3.HI/c1-4-9-25-18-7-6-16(11-21-18)12-22-19(20-5-2)23-15(3)13-26-17-8-10-24-14-17;/h6-7,11,15,17H,4-5,8-10,12-14H2,1-3H3,(H2,20,22,23);1H. The molecule has 2 atom stereocenters. The van der Waals surface area contributed by atoms with Gasteiger partial charge in [0, 0.05) is 31.5 Å². The van der Waals surface area contributed by atoms with Gasteiger partial charge in [0.05, 0.1) is 32.5 Å². The highest BCUT2D eigenvalue weighted by atomic mass is 127. The third kappa shape index (κ3) is 9.57. The Morgan fingerprint density at radius 2 is 2.26 bits per heavy atom. The summed E-state index contributed by atoms with van der Waals surface area (Å²) in [5.74, 6) is 1.43. The molecular formula is C19H33IN4O3. The second kappa shape index (κ2) is 14.0. The van der Waals surface area contributed by atoms with Crippen LogP contribution in [-0.2, 0) is 16.0 Å². The number of aromatic nitrogens is 1. The molecule has 0 amide bonds. The number of hydrogen-bond donors (Lipinski definition) is 2. The number of nitrogens with zero attached hydrogens (tertiary/aromatic N) is 2. The zero-order valence-corrected chi connectivity index (χ0v) is 18.9. The van der Waals surface area contributed by atoms with E-state index in [9.17, 15) is 0 Å². The van der Waals surface area contributed by atoms with Gasteiger partial charge < -0.3 is 24.8 Å². The van der Waals surface area contributed by atoms with E-state index in [1.807, 2.05) is 18.3 Å². The van der Waals surface area contributed by atoms with Crippen molar-refractivity contribution in [2.24, 2.45) is 4.99 Å². The van der Waals surface area contributed by atoms with Gasteiger partial charge >= 0.3 is 0 Å². The Morgan fingerprint density at radius 3 is 2.89 bits per heavy atom. The lowest BCUT2D eigenvalue weighted by atomic mass is 10.3. The molecule has 1 saturated heterocycles. The zero-order valence-electron chi connectivity index (χ0n) is 16.6. The molecule has 7 nitrogen and oxygen atoms in total. The van der Waals surface area contributed by atoms with Crippen molar-refractivity contribution in [2.75, 3.05) is 33.0 Å². The average Bonchev–Trinajstić information content (AvgIpc) is 3.17. The normalized spacial score (nSPS) is 17.9. The SMILES string of the molecule is CCCOc1ccc(CN=C(NCC)NC(C)COC2CCOC2)cn1.I. The predicted molar refractivity (Wildman–Crippen MR) is 118 cm³/mol. The van der Waals surface area contributed by atoms with Crippen LogP contribution in [0.25, 0.3) is 0 Å². The van der Waals surface area contributed by atoms with Gasteiger partial charge in [-0.1, -0.05) is 13.0 Å². The molecule has 0 aliphatic carbocycles. The topological polar surface area (TPSA) is 77.0 Å². The highest BCUT2D eigenvalue weighted by Gasteiger charge is 2.17. The molecule has 2 unspecified atom stereocenters. The van der Waals surface area contributed by atoms with Gasteiger partial charge in [0.1, 0.15) is 0 Å². The molecule has 0 bridgehead atoms. The van der Waals surface area contributed by atoms with Gasteiger partial charge in [0.15, 0.2) is 5.96 Å². The highest BCUT2D eigenvalue weighted by Crippen LogP contribution is 2.09. The van der Waals surface area contributed by atoms with E-state index in [0.29, 0.717) is 32.2 Å². The molecule has 0 radical (unpaired) electrons. The van der Waals surface area contributed by atoms with Crippen molar-refractivity contribution < 1.29 is 14.2 Å². The first-order valence-electron chi connectivity index (χ1n) is 9.53. The van der Waals surface area contributed by atoms with Crippen LogP contribution >= 0.6 is 24.0 Å². The Bertz CT molecular complexity index is 536. The van der Waals surface area contributed by atoms with E-state index in [2.05, 4.69) is 41.4 Å². The second-order valence-electron chi connectivity index (χ2n) is 6.41. The number of hydrogen-bond acceptors (Lipinski definition) is 5. The number of pyridine rings is 1. The summed E-state index contributed by atoms with van der Waals surface area (Å²) >= 11 is 0. The molecule has 0 aromatic carbocycles. The van der Waals surface area contributed by atoms with Crippen molar-refractivity contribution in [3.8, 4) is 5.88 Å². The van der Waals surface area contributed by atoms with Gasteiger partial charge in [0.25, 0.3) is 0 Å². The summed E-state index contributed by atoms with van der Waals surface area (Å²) in [5, 5.41) is 6.64. The molecule has 1 fully saturated rings. The number of rotatable bonds is 10. The Labute approximate surface area is 179 Å². The van der Waals surface area contributed by atoms with Crippen LogP contribution in [0, 0.1) is 0 Å². The van der Waals surface area contributed by atoms with Crippen LogP contribution in [0.4, 0.5) is 0 Å². The van der Waals surface area contributed by atoms with Crippen LogP contribution < -0.4 is 15.4 Å². The van der Waals surface area contributed by atoms with Gasteiger partial charge in [-0.05, 0) is 32.3 Å². The Hall–Kier alpha value is -1.13. The van der Waals surface area contributed by atoms with Crippen LogP contribution in [-0.4, -0.2) is 56.1 Å². The summed E-state index contributed by atoms with van der Waals surface area (Å²) in [6, 6.07) is 4.05. The van der Waals surface area contributed by atoms with Crippen molar-refractivity contribution in [1.82, 2.24) is 15.6 Å². The third-order valence-corrected chi connectivity index (χ3v) is 3.87. The number of ether oxygens (including phenoxy) is 3. The van der Waals surface area contributed by atoms with Gasteiger partial charge in [-0.2, -0.15) is 0 Å². The van der Waals surface area contributed by atoms with Crippen molar-refractivity contribution in [3.05, 3.63) is 23.9 Å². The Morgan fingerprint density at radius 1 is 1.41 bits per heavy atom. The first-order valence-corrected chi connectivity index (χ1v) is 9.53. The average molecular weight is 492 g/mol. The molecule has 1 aliphatic heterocycles. The quantitative estimate of drug-likeness (QED) is 0.297. The fourth-order valence-corrected chi connectivity index (χ4v) is 2.49. The van der Waals surface area contributed by atoms with Crippen LogP contribution in [0.5, 0.6) is 5.88 Å². The highest BCUT2D eigenvalue weighted by molar-refractivity contribution is 14.0. The summed E-state index contributed by atoms with van der Waals surface area (Å²) in [4.78, 5) is 8.94. The minimum absolute atomic E-state index is 0. The van der Waals surface area contributed by atoms with Crippen molar-refractivity contribution in [2.45, 2.75) is 52.3 Å². The summed E-state index contributed by atoms with van der Waals surface area (Å²) in [6.07, 6.45) is 3.98. The van der Waals surface area contributed by atoms with E-state index in [-0.39, 0.29) is 36.1 Å². The minimum atomic E-state index is 0. The van der Waals surface area contributed by atoms with E-state index >= 15 is 0 Å². The zero-order chi connectivity index (χ0) is 18.6. The largest absolute Gasteiger partial charge is 0.478 e. The number of guanidine groups is 1. The molecule has 8 heteroatoms. The van der Waals surface area contributed by atoms with E-state index < -0.39 is 0 Å². The predicted octanol–water partition coefficient (Wildman–Crippen LogP) is 2.74. The van der Waals surface area contributed by atoms with Crippen LogP contribution in [0.1, 0.15) is 39.2 Å². The molecule has 1 aromatic rings. The van der Waals surface area contributed by atoms with Gasteiger partial charge in [0.2, 0.25) is 5.88 Å². The van der Waals surface area contributed by atoms with Crippen molar-refractivity contribution in [1.29, 1.82) is 0 Å². The summed E-state index contributed by atoms with van der Waals surface area (Å²) in [6.45, 7) is 10.4. The molecule has 27 heavy (non-hydrogen) atoms. The molecule has 2 rings (SSSR count). The number of halogens is 1. The van der Waals surface area contributed by atoms with E-state index in [0.717, 1.165) is 37.5 Å². The lowest BCUT2D eigenvalue weighted by Gasteiger charge is -2.19. The van der Waals surface area contributed by atoms with Crippen LogP contribution in [0.2, 0.25) is 0 Å². The minimum Gasteiger partial charge on any atom is -0.478 e. The molecule has 1 aliphatic rings. The molecule has 0 spiro atoms. The van der Waals surface area contributed by atoms with Gasteiger partial charge in [-0.25, -0.2) is 9.98 Å². The summed E-state index contributed by atoms with van der Waals surface area (Å²) in [7, 11) is 0. The van der Waals surface area contributed by atoms with Crippen LogP contribution in [0.15, 0.2) is 23.3 Å². The molecular weight excluding hydrogens is 459 g/mol. The molecule has 2 heterocycles. The van der Waals surface area contributed by atoms with E-state index in [1.165, 1.54) is 0 Å². The fraction of sp³-hybridized carbons (Fsp3) is 0.684. The van der Waals surface area contributed by atoms with Gasteiger partial charge in [-0.3, -0.25) is 0 Å². The molecule has 1 aromatic heterocycles. The lowest BCUT2D eigenvalue weighted by Crippen LogP contribution is -2.44. The summed E-state index contributed by atoms with van der Waals surface area (Å²) in [5.41, 5.74) is 1.04. The second-order valence-corrected chi connectivity index (χ2v) is 6.41. The maximum absolute atomic E-state index is 5.86. The first kappa shape index (κ1) is 23.9. The lowest BCUT2D eigenvalue weighted by molar-refractivity contribution is 0.0347. The van der Waals surface area contributed by atoms with E-state index in [1.54, 1.807) is 0 Å². The van der Waals surface area contributed by atoms with Crippen molar-refractivity contribution in [3.63, 3.8) is 0 Å². The monoisotopic (exact) mass is 492 g/mol. The maximum atomic E-state index is 5.86. The molecule has 0 saturated carbocycles. The van der Waals surface area contributed by atoms with Crippen LogP contribution in [0.3, 0.4) is 0 Å². The Kier molecular flexibility index (Phi) is 12.4. The Balaban J connectivity index is 0.00000364. The first-order chi connectivity index (χ1) is 12.7.